The molecular formula is C24H24N2O7. The summed E-state index contributed by atoms with van der Waals surface area (Å²) in [5.74, 6) is -1.12. The van der Waals surface area contributed by atoms with Crippen molar-refractivity contribution in [2.24, 2.45) is 5.10 Å². The number of aromatic carboxylic acids is 1. The highest BCUT2D eigenvalue weighted by Gasteiger charge is 2.29. The number of carboxylic acid groups (broad SMARTS) is 1. The van der Waals surface area contributed by atoms with Crippen LogP contribution in [0.2, 0.25) is 0 Å². The summed E-state index contributed by atoms with van der Waals surface area (Å²) < 4.78 is 15.9. The second kappa shape index (κ2) is 9.99. The number of carbonyl (C=O) groups is 3. The molecule has 1 aliphatic heterocycles. The van der Waals surface area contributed by atoms with Crippen LogP contribution in [0.1, 0.15) is 36.7 Å². The van der Waals surface area contributed by atoms with Crippen LogP contribution in [0.25, 0.3) is 6.08 Å². The highest BCUT2D eigenvalue weighted by molar-refractivity contribution is 6.32. The van der Waals surface area contributed by atoms with Crippen LogP contribution < -0.4 is 14.5 Å². The molecule has 172 valence electrons. The number of amides is 1. The van der Waals surface area contributed by atoms with Crippen LogP contribution in [0.15, 0.2) is 53.1 Å². The summed E-state index contributed by atoms with van der Waals surface area (Å²) in [6.45, 7) is 4.96. The molecule has 2 aromatic rings. The lowest BCUT2D eigenvalue weighted by Gasteiger charge is -2.13. The standard InChI is InChI=1S/C24H24N2O7/c1-14(2)33-22(27)13-32-20-10-5-16(12-21(20)31-4)11-19-15(3)25-26(23(19)28)18-8-6-17(7-9-18)24(29)30/h5-12,14H,13H2,1-4H3,(H,29,30). The lowest BCUT2D eigenvalue weighted by Crippen LogP contribution is -2.21. The first-order valence-corrected chi connectivity index (χ1v) is 10.1. The average molecular weight is 452 g/mol. The minimum absolute atomic E-state index is 0.119. The number of carbonyl (C=O) groups excluding carboxylic acids is 2. The van der Waals surface area contributed by atoms with Crippen molar-refractivity contribution < 1.29 is 33.7 Å². The van der Waals surface area contributed by atoms with E-state index in [1.807, 2.05) is 0 Å². The smallest absolute Gasteiger partial charge is 0.344 e. The van der Waals surface area contributed by atoms with Gasteiger partial charge in [-0.15, -0.1) is 0 Å². The van der Waals surface area contributed by atoms with Crippen LogP contribution in [0, 0.1) is 0 Å². The summed E-state index contributed by atoms with van der Waals surface area (Å²) in [4.78, 5) is 35.7. The Morgan fingerprint density at radius 1 is 1.12 bits per heavy atom. The minimum atomic E-state index is -1.05. The van der Waals surface area contributed by atoms with Gasteiger partial charge in [-0.1, -0.05) is 6.07 Å². The number of hydrogen-bond donors (Lipinski definition) is 1. The average Bonchev–Trinajstić information content (AvgIpc) is 3.06. The van der Waals surface area contributed by atoms with E-state index in [2.05, 4.69) is 5.10 Å². The number of carboxylic acids is 1. The van der Waals surface area contributed by atoms with Gasteiger partial charge in [0.25, 0.3) is 5.91 Å². The van der Waals surface area contributed by atoms with Crippen LogP contribution in [-0.4, -0.2) is 48.5 Å². The molecule has 0 bridgehead atoms. The molecule has 33 heavy (non-hydrogen) atoms. The summed E-state index contributed by atoms with van der Waals surface area (Å²) in [5.41, 5.74) is 2.15. The number of nitrogens with zero attached hydrogens (tertiary/aromatic N) is 2. The van der Waals surface area contributed by atoms with Crippen LogP contribution in [0.4, 0.5) is 5.69 Å². The van der Waals surface area contributed by atoms with Crippen molar-refractivity contribution in [3.8, 4) is 11.5 Å². The van der Waals surface area contributed by atoms with Crippen molar-refractivity contribution in [1.82, 2.24) is 0 Å². The highest BCUT2D eigenvalue weighted by atomic mass is 16.6. The van der Waals surface area contributed by atoms with E-state index >= 15 is 0 Å². The topological polar surface area (TPSA) is 115 Å². The molecule has 0 fully saturated rings. The van der Waals surface area contributed by atoms with Gasteiger partial charge in [0.1, 0.15) is 0 Å². The zero-order valence-electron chi connectivity index (χ0n) is 18.7. The van der Waals surface area contributed by atoms with E-state index in [-0.39, 0.29) is 24.2 Å². The molecule has 9 heteroatoms. The van der Waals surface area contributed by atoms with Crippen molar-refractivity contribution >= 4 is 35.3 Å². The summed E-state index contributed by atoms with van der Waals surface area (Å²) in [6, 6.07) is 10.9. The number of anilines is 1. The van der Waals surface area contributed by atoms with E-state index in [0.717, 1.165) is 0 Å². The number of methoxy groups -OCH3 is 1. The van der Waals surface area contributed by atoms with Gasteiger partial charge < -0.3 is 19.3 Å². The van der Waals surface area contributed by atoms with Gasteiger partial charge >= 0.3 is 11.9 Å². The predicted molar refractivity (Wildman–Crippen MR) is 122 cm³/mol. The summed E-state index contributed by atoms with van der Waals surface area (Å²) >= 11 is 0. The van der Waals surface area contributed by atoms with Crippen molar-refractivity contribution in [2.75, 3.05) is 18.7 Å². The van der Waals surface area contributed by atoms with Gasteiger partial charge in [-0.2, -0.15) is 10.1 Å². The number of rotatable bonds is 8. The number of ether oxygens (including phenoxy) is 3. The lowest BCUT2D eigenvalue weighted by molar-refractivity contribution is -0.149. The fourth-order valence-electron chi connectivity index (χ4n) is 3.10. The Morgan fingerprint density at radius 2 is 1.82 bits per heavy atom. The molecule has 0 saturated heterocycles. The SMILES string of the molecule is COc1cc(C=C2C(=O)N(c3ccc(C(=O)O)cc3)N=C2C)ccc1OCC(=O)OC(C)C. The fourth-order valence-corrected chi connectivity index (χ4v) is 3.10. The van der Waals surface area contributed by atoms with Gasteiger partial charge in [0.15, 0.2) is 18.1 Å². The monoisotopic (exact) mass is 452 g/mol. The second-order valence-electron chi connectivity index (χ2n) is 7.45. The van der Waals surface area contributed by atoms with Gasteiger partial charge in [0.2, 0.25) is 0 Å². The Bertz CT molecular complexity index is 1130. The molecule has 1 heterocycles. The Morgan fingerprint density at radius 3 is 2.42 bits per heavy atom. The molecule has 9 nitrogen and oxygen atoms in total. The van der Waals surface area contributed by atoms with Crippen LogP contribution in [-0.2, 0) is 14.3 Å². The molecule has 1 amide bonds. The Labute approximate surface area is 190 Å². The maximum atomic E-state index is 12.9. The van der Waals surface area contributed by atoms with E-state index in [0.29, 0.717) is 34.0 Å². The van der Waals surface area contributed by atoms with Gasteiger partial charge in [-0.3, -0.25) is 4.79 Å². The highest BCUT2D eigenvalue weighted by Crippen LogP contribution is 2.31. The van der Waals surface area contributed by atoms with Gasteiger partial charge in [0.05, 0.1) is 35.7 Å². The lowest BCUT2D eigenvalue weighted by atomic mass is 10.1. The maximum Gasteiger partial charge on any atom is 0.344 e. The van der Waals surface area contributed by atoms with E-state index in [4.69, 9.17) is 19.3 Å². The molecule has 0 unspecified atom stereocenters. The van der Waals surface area contributed by atoms with Crippen molar-refractivity contribution in [3.63, 3.8) is 0 Å². The third-order valence-electron chi connectivity index (χ3n) is 4.63. The van der Waals surface area contributed by atoms with Crippen LogP contribution >= 0.6 is 0 Å². The molecule has 0 radical (unpaired) electrons. The van der Waals surface area contributed by atoms with Crippen molar-refractivity contribution in [3.05, 3.63) is 59.2 Å². The van der Waals surface area contributed by atoms with E-state index in [1.54, 1.807) is 45.0 Å². The Kier molecular flexibility index (Phi) is 7.12. The Hall–Kier alpha value is -4.14. The number of hydrogen-bond acceptors (Lipinski definition) is 7. The van der Waals surface area contributed by atoms with Crippen LogP contribution in [0.5, 0.6) is 11.5 Å². The van der Waals surface area contributed by atoms with Crippen molar-refractivity contribution in [1.29, 1.82) is 0 Å². The van der Waals surface area contributed by atoms with E-state index in [1.165, 1.54) is 36.4 Å². The first-order valence-electron chi connectivity index (χ1n) is 10.1. The summed E-state index contributed by atoms with van der Waals surface area (Å²) in [5, 5.41) is 14.6. The molecule has 3 rings (SSSR count). The predicted octanol–water partition coefficient (Wildman–Crippen LogP) is 3.53. The number of hydrazone groups is 1. The molecule has 0 spiro atoms. The molecule has 0 saturated carbocycles. The number of benzene rings is 2. The largest absolute Gasteiger partial charge is 0.493 e. The van der Waals surface area contributed by atoms with E-state index in [9.17, 15) is 14.4 Å². The molecule has 1 aliphatic rings. The number of esters is 1. The van der Waals surface area contributed by atoms with Gasteiger partial charge in [0, 0.05) is 0 Å². The first-order chi connectivity index (χ1) is 15.7. The quantitative estimate of drug-likeness (QED) is 0.481. The second-order valence-corrected chi connectivity index (χ2v) is 7.45. The molecule has 2 aromatic carbocycles. The third-order valence-corrected chi connectivity index (χ3v) is 4.63. The van der Waals surface area contributed by atoms with Gasteiger partial charge in [-0.05, 0) is 68.8 Å². The Balaban J connectivity index is 1.78. The zero-order chi connectivity index (χ0) is 24.1. The molecule has 0 aliphatic carbocycles. The summed E-state index contributed by atoms with van der Waals surface area (Å²) in [7, 11) is 1.47. The normalized spacial score (nSPS) is 14.5. The molecule has 1 N–H and O–H groups in total. The van der Waals surface area contributed by atoms with Gasteiger partial charge in [-0.25, -0.2) is 9.59 Å². The molecule has 0 atom stereocenters. The maximum absolute atomic E-state index is 12.9. The minimum Gasteiger partial charge on any atom is -0.493 e. The third kappa shape index (κ3) is 5.57. The molecular weight excluding hydrogens is 428 g/mol. The summed E-state index contributed by atoms with van der Waals surface area (Å²) in [6.07, 6.45) is 1.44. The fraction of sp³-hybridized carbons (Fsp3) is 0.250. The van der Waals surface area contributed by atoms with Crippen molar-refractivity contribution in [2.45, 2.75) is 26.9 Å². The van der Waals surface area contributed by atoms with E-state index < -0.39 is 11.9 Å². The first kappa shape index (κ1) is 23.5. The zero-order valence-corrected chi connectivity index (χ0v) is 18.7. The molecule has 0 aromatic heterocycles. The van der Waals surface area contributed by atoms with Crippen LogP contribution in [0.3, 0.4) is 0 Å².